The Morgan fingerprint density at radius 3 is 2.42 bits per heavy atom. The Morgan fingerprint density at radius 1 is 1.33 bits per heavy atom. The number of benzene rings is 1. The maximum absolute atomic E-state index is 6.93. The molecule has 64 valence electrons. The van der Waals surface area contributed by atoms with Crippen LogP contribution in [0, 0.1) is 5.41 Å². The van der Waals surface area contributed by atoms with E-state index in [4.69, 9.17) is 16.9 Å². The van der Waals surface area contributed by atoms with Gasteiger partial charge in [-0.25, -0.2) is 0 Å². The largest absolute Gasteiger partial charge is 0.399 e. The smallest absolute Gasteiger partial charge is 0.185 e. The summed E-state index contributed by atoms with van der Waals surface area (Å²) in [7, 11) is 0. The molecule has 0 spiro atoms. The van der Waals surface area contributed by atoms with Crippen LogP contribution < -0.4 is 16.8 Å². The summed E-state index contributed by atoms with van der Waals surface area (Å²) in [6, 6.07) is 7.42. The second-order valence-electron chi connectivity index (χ2n) is 2.51. The standard InChI is InChI=1S/C8H12N4/c9-7-3-1-6(2-4-7)5-12-8(10)11/h1-4H,5,9H2,(H4,10,11,12). The second-order valence-corrected chi connectivity index (χ2v) is 2.51. The van der Waals surface area contributed by atoms with Gasteiger partial charge in [0.1, 0.15) is 0 Å². The first-order valence-electron chi connectivity index (χ1n) is 3.61. The van der Waals surface area contributed by atoms with Crippen molar-refractivity contribution in [1.29, 1.82) is 5.41 Å². The van der Waals surface area contributed by atoms with Crippen molar-refractivity contribution in [1.82, 2.24) is 5.32 Å². The number of rotatable bonds is 2. The third kappa shape index (κ3) is 2.49. The molecule has 0 aliphatic heterocycles. The maximum Gasteiger partial charge on any atom is 0.185 e. The molecule has 4 heteroatoms. The SMILES string of the molecule is N=C(N)NCc1ccc(N)cc1. The summed E-state index contributed by atoms with van der Waals surface area (Å²) >= 11 is 0. The van der Waals surface area contributed by atoms with E-state index in [-0.39, 0.29) is 5.96 Å². The molecule has 0 heterocycles. The number of nitrogens with one attached hydrogen (secondary N) is 2. The Hall–Kier alpha value is -1.71. The fourth-order valence-corrected chi connectivity index (χ4v) is 0.833. The quantitative estimate of drug-likeness (QED) is 0.287. The van der Waals surface area contributed by atoms with Gasteiger partial charge in [-0.2, -0.15) is 0 Å². The molecule has 1 aromatic rings. The van der Waals surface area contributed by atoms with Crippen molar-refractivity contribution >= 4 is 11.6 Å². The molecule has 0 fully saturated rings. The molecular formula is C8H12N4. The molecule has 0 amide bonds. The van der Waals surface area contributed by atoms with E-state index < -0.39 is 0 Å². The first-order chi connectivity index (χ1) is 5.68. The van der Waals surface area contributed by atoms with Crippen molar-refractivity contribution in [3.63, 3.8) is 0 Å². The highest BCUT2D eigenvalue weighted by atomic mass is 15.0. The van der Waals surface area contributed by atoms with Crippen molar-refractivity contribution < 1.29 is 0 Å². The molecule has 0 aromatic heterocycles. The molecule has 1 rings (SSSR count). The number of anilines is 1. The number of guanidine groups is 1. The fourth-order valence-electron chi connectivity index (χ4n) is 0.833. The number of hydrogen-bond acceptors (Lipinski definition) is 2. The van der Waals surface area contributed by atoms with Crippen LogP contribution in [-0.2, 0) is 6.54 Å². The van der Waals surface area contributed by atoms with Crippen molar-refractivity contribution in [2.75, 3.05) is 5.73 Å². The van der Waals surface area contributed by atoms with Crippen LogP contribution in [0.3, 0.4) is 0 Å². The first-order valence-corrected chi connectivity index (χ1v) is 3.61. The molecule has 1 aromatic carbocycles. The van der Waals surface area contributed by atoms with Gasteiger partial charge in [0.25, 0.3) is 0 Å². The van der Waals surface area contributed by atoms with Crippen LogP contribution >= 0.6 is 0 Å². The summed E-state index contributed by atoms with van der Waals surface area (Å²) in [4.78, 5) is 0. The van der Waals surface area contributed by atoms with Gasteiger partial charge in [0.15, 0.2) is 5.96 Å². The minimum atomic E-state index is -0.0215. The Kier molecular flexibility index (Phi) is 2.53. The normalized spacial score (nSPS) is 9.33. The molecule has 0 aliphatic rings. The van der Waals surface area contributed by atoms with Crippen LogP contribution in [0.15, 0.2) is 24.3 Å². The van der Waals surface area contributed by atoms with E-state index in [1.165, 1.54) is 0 Å². The van der Waals surface area contributed by atoms with E-state index in [1.54, 1.807) is 0 Å². The molecular weight excluding hydrogens is 152 g/mol. The zero-order valence-electron chi connectivity index (χ0n) is 6.67. The third-order valence-corrected chi connectivity index (χ3v) is 1.46. The number of nitrogens with two attached hydrogens (primary N) is 2. The highest BCUT2D eigenvalue weighted by Crippen LogP contribution is 2.04. The predicted molar refractivity (Wildman–Crippen MR) is 49.6 cm³/mol. The first kappa shape index (κ1) is 8.39. The lowest BCUT2D eigenvalue weighted by atomic mass is 10.2. The molecule has 6 N–H and O–H groups in total. The van der Waals surface area contributed by atoms with Crippen LogP contribution in [0.25, 0.3) is 0 Å². The zero-order valence-corrected chi connectivity index (χ0v) is 6.67. The lowest BCUT2D eigenvalue weighted by Gasteiger charge is -2.03. The van der Waals surface area contributed by atoms with E-state index in [2.05, 4.69) is 5.32 Å². The Labute approximate surface area is 71.1 Å². The van der Waals surface area contributed by atoms with Crippen LogP contribution in [0.2, 0.25) is 0 Å². The Morgan fingerprint density at radius 2 is 1.92 bits per heavy atom. The van der Waals surface area contributed by atoms with Crippen molar-refractivity contribution in [3.05, 3.63) is 29.8 Å². The molecule has 12 heavy (non-hydrogen) atoms. The summed E-state index contributed by atoms with van der Waals surface area (Å²) in [6.07, 6.45) is 0. The Bertz CT molecular complexity index is 265. The van der Waals surface area contributed by atoms with E-state index >= 15 is 0 Å². The van der Waals surface area contributed by atoms with Gasteiger partial charge in [-0.15, -0.1) is 0 Å². The van der Waals surface area contributed by atoms with Crippen molar-refractivity contribution in [3.8, 4) is 0 Å². The summed E-state index contributed by atoms with van der Waals surface area (Å²) in [5, 5.41) is 9.63. The highest BCUT2D eigenvalue weighted by Gasteiger charge is 1.91. The van der Waals surface area contributed by atoms with Gasteiger partial charge in [0, 0.05) is 12.2 Å². The van der Waals surface area contributed by atoms with Gasteiger partial charge in [-0.05, 0) is 17.7 Å². The van der Waals surface area contributed by atoms with Gasteiger partial charge in [-0.1, -0.05) is 12.1 Å². The van der Waals surface area contributed by atoms with Gasteiger partial charge >= 0.3 is 0 Å². The summed E-state index contributed by atoms with van der Waals surface area (Å²) < 4.78 is 0. The van der Waals surface area contributed by atoms with Crippen molar-refractivity contribution in [2.24, 2.45) is 5.73 Å². The van der Waals surface area contributed by atoms with E-state index in [9.17, 15) is 0 Å². The minimum absolute atomic E-state index is 0.0215. The minimum Gasteiger partial charge on any atom is -0.399 e. The zero-order chi connectivity index (χ0) is 8.97. The highest BCUT2D eigenvalue weighted by molar-refractivity contribution is 5.74. The molecule has 0 atom stereocenters. The number of hydrogen-bond donors (Lipinski definition) is 4. The molecule has 0 radical (unpaired) electrons. The van der Waals surface area contributed by atoms with Crippen LogP contribution in [-0.4, -0.2) is 5.96 Å². The molecule has 4 nitrogen and oxygen atoms in total. The molecule has 0 saturated heterocycles. The number of nitrogen functional groups attached to an aromatic ring is 1. The van der Waals surface area contributed by atoms with Gasteiger partial charge in [0.05, 0.1) is 0 Å². The average molecular weight is 164 g/mol. The lowest BCUT2D eigenvalue weighted by Crippen LogP contribution is -2.29. The summed E-state index contributed by atoms with van der Waals surface area (Å²) in [5.74, 6) is -0.0215. The van der Waals surface area contributed by atoms with E-state index in [1.807, 2.05) is 24.3 Å². The summed E-state index contributed by atoms with van der Waals surface area (Å²) in [5.41, 5.74) is 12.4. The maximum atomic E-state index is 6.93. The molecule has 0 aliphatic carbocycles. The monoisotopic (exact) mass is 164 g/mol. The lowest BCUT2D eigenvalue weighted by molar-refractivity contribution is 0.897. The van der Waals surface area contributed by atoms with Gasteiger partial charge in [0.2, 0.25) is 0 Å². The van der Waals surface area contributed by atoms with Crippen molar-refractivity contribution in [2.45, 2.75) is 6.54 Å². The van der Waals surface area contributed by atoms with Gasteiger partial charge < -0.3 is 16.8 Å². The molecule has 0 bridgehead atoms. The predicted octanol–water partition coefficient (Wildman–Crippen LogP) is 0.252. The van der Waals surface area contributed by atoms with Crippen LogP contribution in [0.4, 0.5) is 5.69 Å². The summed E-state index contributed by atoms with van der Waals surface area (Å²) in [6.45, 7) is 0.565. The fraction of sp³-hybridized carbons (Fsp3) is 0.125. The average Bonchev–Trinajstić information content (AvgIpc) is 2.03. The topological polar surface area (TPSA) is 87.9 Å². The Balaban J connectivity index is 2.53. The molecule has 0 unspecified atom stereocenters. The van der Waals surface area contributed by atoms with E-state index in [0.717, 1.165) is 11.3 Å². The third-order valence-electron chi connectivity index (χ3n) is 1.46. The van der Waals surface area contributed by atoms with Crippen LogP contribution in [0.5, 0.6) is 0 Å². The van der Waals surface area contributed by atoms with E-state index in [0.29, 0.717) is 6.54 Å². The second kappa shape index (κ2) is 3.61. The van der Waals surface area contributed by atoms with Crippen LogP contribution in [0.1, 0.15) is 5.56 Å². The molecule has 0 saturated carbocycles. The van der Waals surface area contributed by atoms with Gasteiger partial charge in [-0.3, -0.25) is 5.41 Å².